The first-order valence-electron chi connectivity index (χ1n) is 4.88. The number of alkyl halides is 3. The van der Waals surface area contributed by atoms with Gasteiger partial charge in [0, 0.05) is 6.54 Å². The summed E-state index contributed by atoms with van der Waals surface area (Å²) in [5.74, 6) is 0. The fraction of sp³-hybridized carbons (Fsp3) is 0.455. The van der Waals surface area contributed by atoms with Gasteiger partial charge in [-0.25, -0.2) is 0 Å². The Kier molecular flexibility index (Phi) is 3.74. The molecule has 1 aromatic rings. The van der Waals surface area contributed by atoms with Gasteiger partial charge in [0.25, 0.3) is 0 Å². The van der Waals surface area contributed by atoms with Gasteiger partial charge in [-0.3, -0.25) is 0 Å². The average Bonchev–Trinajstić information content (AvgIpc) is 2.16. The molecule has 4 heteroatoms. The molecule has 0 fully saturated rings. The fourth-order valence-corrected chi connectivity index (χ4v) is 1.54. The largest absolute Gasteiger partial charge is 0.416 e. The maximum Gasteiger partial charge on any atom is 0.416 e. The van der Waals surface area contributed by atoms with E-state index in [9.17, 15) is 13.2 Å². The zero-order valence-corrected chi connectivity index (χ0v) is 8.56. The third-order valence-electron chi connectivity index (χ3n) is 2.23. The molecule has 0 atom stereocenters. The van der Waals surface area contributed by atoms with Crippen LogP contribution in [0.1, 0.15) is 30.0 Å². The van der Waals surface area contributed by atoms with E-state index in [4.69, 9.17) is 5.73 Å². The van der Waals surface area contributed by atoms with Gasteiger partial charge in [0.15, 0.2) is 0 Å². The van der Waals surface area contributed by atoms with Gasteiger partial charge < -0.3 is 5.73 Å². The number of aryl methyl sites for hydroxylation is 1. The van der Waals surface area contributed by atoms with E-state index in [1.807, 2.05) is 6.92 Å². The van der Waals surface area contributed by atoms with E-state index in [1.54, 1.807) is 6.07 Å². The van der Waals surface area contributed by atoms with Crippen molar-refractivity contribution < 1.29 is 13.2 Å². The summed E-state index contributed by atoms with van der Waals surface area (Å²) < 4.78 is 37.5. The van der Waals surface area contributed by atoms with Gasteiger partial charge in [-0.2, -0.15) is 13.2 Å². The predicted octanol–water partition coefficient (Wildman–Crippen LogP) is 3.12. The van der Waals surface area contributed by atoms with E-state index in [1.165, 1.54) is 6.07 Å². The van der Waals surface area contributed by atoms with Gasteiger partial charge in [0.1, 0.15) is 0 Å². The Labute approximate surface area is 87.1 Å². The van der Waals surface area contributed by atoms with E-state index in [2.05, 4.69) is 0 Å². The first-order chi connectivity index (χ1) is 6.99. The van der Waals surface area contributed by atoms with E-state index in [-0.39, 0.29) is 12.1 Å². The molecule has 1 nitrogen and oxygen atoms in total. The van der Waals surface area contributed by atoms with E-state index < -0.39 is 11.7 Å². The molecule has 84 valence electrons. The molecule has 0 saturated heterocycles. The Morgan fingerprint density at radius 3 is 2.40 bits per heavy atom. The minimum absolute atomic E-state index is 0.0770. The summed E-state index contributed by atoms with van der Waals surface area (Å²) in [6, 6.07) is 4.19. The Morgan fingerprint density at radius 1 is 1.27 bits per heavy atom. The number of hydrogen-bond donors (Lipinski definition) is 1. The molecule has 0 heterocycles. The molecule has 0 bridgehead atoms. The van der Waals surface area contributed by atoms with Crippen LogP contribution in [-0.2, 0) is 19.1 Å². The molecular weight excluding hydrogens is 203 g/mol. The van der Waals surface area contributed by atoms with Gasteiger partial charge in [0.2, 0.25) is 0 Å². The van der Waals surface area contributed by atoms with Gasteiger partial charge in [0.05, 0.1) is 5.56 Å². The summed E-state index contributed by atoms with van der Waals surface area (Å²) in [6.45, 7) is 1.91. The van der Waals surface area contributed by atoms with Crippen molar-refractivity contribution in [2.24, 2.45) is 5.73 Å². The highest BCUT2D eigenvalue weighted by molar-refractivity contribution is 5.34. The number of rotatable bonds is 3. The minimum Gasteiger partial charge on any atom is -0.326 e. The SMILES string of the molecule is CCCc1ccc(C(F)(F)F)c(CN)c1. The lowest BCUT2D eigenvalue weighted by Gasteiger charge is -2.12. The highest BCUT2D eigenvalue weighted by Crippen LogP contribution is 2.32. The summed E-state index contributed by atoms with van der Waals surface area (Å²) in [6.07, 6.45) is -2.61. The zero-order chi connectivity index (χ0) is 11.5. The molecule has 1 rings (SSSR count). The number of nitrogens with two attached hydrogens (primary N) is 1. The molecule has 0 aromatic heterocycles. The number of halogens is 3. The van der Waals surface area contributed by atoms with Crippen LogP contribution in [-0.4, -0.2) is 0 Å². The summed E-state index contributed by atoms with van der Waals surface area (Å²) >= 11 is 0. The van der Waals surface area contributed by atoms with Gasteiger partial charge in [-0.05, 0) is 23.6 Å². The molecule has 0 aliphatic carbocycles. The standard InChI is InChI=1S/C11H14F3N/c1-2-3-8-4-5-10(11(12,13)14)9(6-8)7-15/h4-6H,2-3,7,15H2,1H3. The molecule has 0 spiro atoms. The van der Waals surface area contributed by atoms with Crippen molar-refractivity contribution in [1.29, 1.82) is 0 Å². The smallest absolute Gasteiger partial charge is 0.326 e. The highest BCUT2D eigenvalue weighted by Gasteiger charge is 2.32. The zero-order valence-electron chi connectivity index (χ0n) is 8.56. The molecular formula is C11H14F3N. The molecule has 0 radical (unpaired) electrons. The van der Waals surface area contributed by atoms with Crippen molar-refractivity contribution >= 4 is 0 Å². The predicted molar refractivity (Wildman–Crippen MR) is 53.3 cm³/mol. The van der Waals surface area contributed by atoms with Crippen molar-refractivity contribution in [3.63, 3.8) is 0 Å². The fourth-order valence-electron chi connectivity index (χ4n) is 1.54. The molecule has 15 heavy (non-hydrogen) atoms. The van der Waals surface area contributed by atoms with Crippen LogP contribution < -0.4 is 5.73 Å². The van der Waals surface area contributed by atoms with Gasteiger partial charge in [-0.15, -0.1) is 0 Å². The molecule has 0 unspecified atom stereocenters. The lowest BCUT2D eigenvalue weighted by Crippen LogP contribution is -2.12. The molecule has 2 N–H and O–H groups in total. The minimum atomic E-state index is -4.31. The maximum absolute atomic E-state index is 12.5. The Hall–Kier alpha value is -1.03. The topological polar surface area (TPSA) is 26.0 Å². The second kappa shape index (κ2) is 4.66. The van der Waals surface area contributed by atoms with Crippen LogP contribution in [0.5, 0.6) is 0 Å². The first-order valence-corrected chi connectivity index (χ1v) is 4.88. The summed E-state index contributed by atoms with van der Waals surface area (Å²) in [5, 5.41) is 0. The van der Waals surface area contributed by atoms with Crippen LogP contribution in [0, 0.1) is 0 Å². The molecule has 0 saturated carbocycles. The lowest BCUT2D eigenvalue weighted by atomic mass is 10.0. The van der Waals surface area contributed by atoms with Crippen LogP contribution in [0.25, 0.3) is 0 Å². The van der Waals surface area contributed by atoms with Crippen molar-refractivity contribution in [2.75, 3.05) is 0 Å². The lowest BCUT2D eigenvalue weighted by molar-refractivity contribution is -0.138. The van der Waals surface area contributed by atoms with Crippen LogP contribution in [0.4, 0.5) is 13.2 Å². The summed E-state index contributed by atoms with van der Waals surface area (Å²) in [5.41, 5.74) is 5.77. The Bertz CT molecular complexity index is 331. The normalized spacial score (nSPS) is 11.8. The first kappa shape index (κ1) is 12.0. The van der Waals surface area contributed by atoms with Gasteiger partial charge in [-0.1, -0.05) is 25.5 Å². The summed E-state index contributed by atoms with van der Waals surface area (Å²) in [7, 11) is 0. The Balaban J connectivity index is 3.09. The second-order valence-electron chi connectivity index (χ2n) is 3.44. The molecule has 0 aliphatic rings. The van der Waals surface area contributed by atoms with Crippen LogP contribution in [0.15, 0.2) is 18.2 Å². The second-order valence-corrected chi connectivity index (χ2v) is 3.44. The van der Waals surface area contributed by atoms with E-state index in [0.29, 0.717) is 0 Å². The van der Waals surface area contributed by atoms with Gasteiger partial charge >= 0.3 is 6.18 Å². The monoisotopic (exact) mass is 217 g/mol. The summed E-state index contributed by atoms with van der Waals surface area (Å²) in [4.78, 5) is 0. The van der Waals surface area contributed by atoms with Crippen molar-refractivity contribution in [1.82, 2.24) is 0 Å². The quantitative estimate of drug-likeness (QED) is 0.827. The van der Waals surface area contributed by atoms with Crippen molar-refractivity contribution in [3.8, 4) is 0 Å². The number of benzene rings is 1. The van der Waals surface area contributed by atoms with Crippen LogP contribution >= 0.6 is 0 Å². The highest BCUT2D eigenvalue weighted by atomic mass is 19.4. The van der Waals surface area contributed by atoms with E-state index in [0.717, 1.165) is 24.5 Å². The third-order valence-corrected chi connectivity index (χ3v) is 2.23. The third kappa shape index (κ3) is 2.96. The van der Waals surface area contributed by atoms with Crippen LogP contribution in [0.2, 0.25) is 0 Å². The molecule has 1 aromatic carbocycles. The average molecular weight is 217 g/mol. The maximum atomic E-state index is 12.5. The number of hydrogen-bond acceptors (Lipinski definition) is 1. The molecule has 0 aliphatic heterocycles. The Morgan fingerprint density at radius 2 is 1.93 bits per heavy atom. The van der Waals surface area contributed by atoms with E-state index >= 15 is 0 Å². The molecule has 0 amide bonds. The van der Waals surface area contributed by atoms with Crippen molar-refractivity contribution in [3.05, 3.63) is 34.9 Å². The van der Waals surface area contributed by atoms with Crippen LogP contribution in [0.3, 0.4) is 0 Å². The van der Waals surface area contributed by atoms with Crippen molar-refractivity contribution in [2.45, 2.75) is 32.5 Å².